The zero-order chi connectivity index (χ0) is 11.7. The van der Waals surface area contributed by atoms with E-state index in [1.165, 1.54) is 5.69 Å². The zero-order valence-corrected chi connectivity index (χ0v) is 11.2. The van der Waals surface area contributed by atoms with Crippen LogP contribution in [0.15, 0.2) is 22.7 Å². The molecule has 0 saturated carbocycles. The molecule has 1 aromatic carbocycles. The second-order valence-electron chi connectivity index (χ2n) is 4.36. The standard InChI is InChI=1S/C12H17BrN2O/c1-8-7-16-9(2)6-15(8)12-4-3-10(14)5-11(12)13/h3-5,8-9H,6-7,14H2,1-2H3. The van der Waals surface area contributed by atoms with E-state index in [9.17, 15) is 0 Å². The van der Waals surface area contributed by atoms with Gasteiger partial charge in [-0.05, 0) is 48.0 Å². The van der Waals surface area contributed by atoms with Crippen LogP contribution in [0.4, 0.5) is 11.4 Å². The summed E-state index contributed by atoms with van der Waals surface area (Å²) in [6.45, 7) is 5.97. The second kappa shape index (κ2) is 4.63. The molecule has 1 saturated heterocycles. The average molecular weight is 285 g/mol. The number of anilines is 2. The molecular formula is C12H17BrN2O. The molecule has 4 heteroatoms. The molecule has 3 nitrogen and oxygen atoms in total. The van der Waals surface area contributed by atoms with E-state index in [0.29, 0.717) is 6.04 Å². The van der Waals surface area contributed by atoms with E-state index < -0.39 is 0 Å². The summed E-state index contributed by atoms with van der Waals surface area (Å²) in [5.41, 5.74) is 7.72. The fourth-order valence-corrected chi connectivity index (χ4v) is 2.62. The van der Waals surface area contributed by atoms with Gasteiger partial charge < -0.3 is 15.4 Å². The van der Waals surface area contributed by atoms with E-state index in [0.717, 1.165) is 23.3 Å². The van der Waals surface area contributed by atoms with Crippen molar-refractivity contribution >= 4 is 27.3 Å². The minimum Gasteiger partial charge on any atom is -0.399 e. The van der Waals surface area contributed by atoms with Gasteiger partial charge in [0.15, 0.2) is 0 Å². The van der Waals surface area contributed by atoms with Gasteiger partial charge in [0.25, 0.3) is 0 Å². The van der Waals surface area contributed by atoms with Crippen LogP contribution in [-0.2, 0) is 4.74 Å². The van der Waals surface area contributed by atoms with Crippen LogP contribution in [-0.4, -0.2) is 25.3 Å². The maximum atomic E-state index is 5.75. The number of rotatable bonds is 1. The van der Waals surface area contributed by atoms with Crippen molar-refractivity contribution in [2.24, 2.45) is 0 Å². The normalized spacial score (nSPS) is 25.8. The van der Waals surface area contributed by atoms with Crippen molar-refractivity contribution in [1.29, 1.82) is 0 Å². The van der Waals surface area contributed by atoms with Gasteiger partial charge in [-0.3, -0.25) is 0 Å². The second-order valence-corrected chi connectivity index (χ2v) is 5.21. The molecule has 0 radical (unpaired) electrons. The zero-order valence-electron chi connectivity index (χ0n) is 9.61. The minimum atomic E-state index is 0.278. The fourth-order valence-electron chi connectivity index (χ4n) is 2.00. The molecule has 2 rings (SSSR count). The van der Waals surface area contributed by atoms with Gasteiger partial charge in [-0.25, -0.2) is 0 Å². The summed E-state index contributed by atoms with van der Waals surface area (Å²) in [5, 5.41) is 0. The van der Waals surface area contributed by atoms with Crippen LogP contribution in [0.1, 0.15) is 13.8 Å². The Hall–Kier alpha value is -0.740. The molecule has 1 fully saturated rings. The lowest BCUT2D eigenvalue weighted by molar-refractivity contribution is 0.0343. The summed E-state index contributed by atoms with van der Waals surface area (Å²) < 4.78 is 6.67. The van der Waals surface area contributed by atoms with Crippen molar-refractivity contribution in [2.45, 2.75) is 26.0 Å². The highest BCUT2D eigenvalue weighted by Gasteiger charge is 2.24. The van der Waals surface area contributed by atoms with E-state index in [1.54, 1.807) is 0 Å². The van der Waals surface area contributed by atoms with Gasteiger partial charge >= 0.3 is 0 Å². The third-order valence-electron chi connectivity index (χ3n) is 2.89. The van der Waals surface area contributed by atoms with E-state index in [1.807, 2.05) is 12.1 Å². The van der Waals surface area contributed by atoms with E-state index >= 15 is 0 Å². The van der Waals surface area contributed by atoms with Crippen LogP contribution >= 0.6 is 15.9 Å². The summed E-state index contributed by atoms with van der Waals surface area (Å²) in [5.74, 6) is 0. The highest BCUT2D eigenvalue weighted by Crippen LogP contribution is 2.31. The van der Waals surface area contributed by atoms with Crippen LogP contribution in [0.5, 0.6) is 0 Å². The smallest absolute Gasteiger partial charge is 0.0723 e. The van der Waals surface area contributed by atoms with Gasteiger partial charge in [-0.1, -0.05) is 0 Å². The highest BCUT2D eigenvalue weighted by molar-refractivity contribution is 9.10. The van der Waals surface area contributed by atoms with E-state index in [-0.39, 0.29) is 6.10 Å². The number of halogens is 1. The highest BCUT2D eigenvalue weighted by atomic mass is 79.9. The number of nitrogen functional groups attached to an aromatic ring is 1. The molecule has 88 valence electrons. The first-order valence-corrected chi connectivity index (χ1v) is 6.30. The Morgan fingerprint density at radius 3 is 2.88 bits per heavy atom. The Bertz CT molecular complexity index is 383. The maximum Gasteiger partial charge on any atom is 0.0723 e. The number of nitrogens with two attached hydrogens (primary N) is 1. The molecule has 1 aromatic rings. The van der Waals surface area contributed by atoms with Crippen LogP contribution in [0, 0.1) is 0 Å². The molecule has 16 heavy (non-hydrogen) atoms. The fraction of sp³-hybridized carbons (Fsp3) is 0.500. The van der Waals surface area contributed by atoms with Crippen LogP contribution in [0.25, 0.3) is 0 Å². The Morgan fingerprint density at radius 1 is 1.44 bits per heavy atom. The summed E-state index contributed by atoms with van der Waals surface area (Å²) in [7, 11) is 0. The third kappa shape index (κ3) is 2.33. The van der Waals surface area contributed by atoms with E-state index in [2.05, 4.69) is 40.7 Å². The van der Waals surface area contributed by atoms with Gasteiger partial charge in [0.2, 0.25) is 0 Å². The van der Waals surface area contributed by atoms with Crippen LogP contribution in [0.3, 0.4) is 0 Å². The molecule has 0 aliphatic carbocycles. The Morgan fingerprint density at radius 2 is 2.19 bits per heavy atom. The van der Waals surface area contributed by atoms with Crippen molar-refractivity contribution in [3.63, 3.8) is 0 Å². The van der Waals surface area contributed by atoms with E-state index in [4.69, 9.17) is 10.5 Å². The first-order chi connectivity index (χ1) is 7.58. The predicted molar refractivity (Wildman–Crippen MR) is 70.8 cm³/mol. The number of nitrogens with zero attached hydrogens (tertiary/aromatic N) is 1. The topological polar surface area (TPSA) is 38.5 Å². The molecular weight excluding hydrogens is 268 g/mol. The lowest BCUT2D eigenvalue weighted by atomic mass is 10.1. The maximum absolute atomic E-state index is 5.75. The predicted octanol–water partition coefficient (Wildman–Crippen LogP) is 2.64. The lowest BCUT2D eigenvalue weighted by Gasteiger charge is -2.39. The molecule has 2 atom stereocenters. The lowest BCUT2D eigenvalue weighted by Crippen LogP contribution is -2.47. The van der Waals surface area contributed by atoms with Crippen molar-refractivity contribution < 1.29 is 4.74 Å². The molecule has 1 aliphatic heterocycles. The molecule has 0 bridgehead atoms. The monoisotopic (exact) mass is 284 g/mol. The number of morpholine rings is 1. The summed E-state index contributed by atoms with van der Waals surface area (Å²) in [6, 6.07) is 6.35. The third-order valence-corrected chi connectivity index (χ3v) is 3.52. The van der Waals surface area contributed by atoms with Crippen molar-refractivity contribution in [1.82, 2.24) is 0 Å². The van der Waals surface area contributed by atoms with Gasteiger partial charge in [0, 0.05) is 22.7 Å². The molecule has 0 aromatic heterocycles. The van der Waals surface area contributed by atoms with Crippen molar-refractivity contribution in [3.8, 4) is 0 Å². The van der Waals surface area contributed by atoms with Gasteiger partial charge in [-0.15, -0.1) is 0 Å². The quantitative estimate of drug-likeness (QED) is 0.806. The van der Waals surface area contributed by atoms with Gasteiger partial charge in [0.1, 0.15) is 0 Å². The molecule has 2 unspecified atom stereocenters. The van der Waals surface area contributed by atoms with Gasteiger partial charge in [0.05, 0.1) is 18.4 Å². The first kappa shape index (κ1) is 11.7. The Kier molecular flexibility index (Phi) is 3.40. The molecule has 1 heterocycles. The van der Waals surface area contributed by atoms with Crippen molar-refractivity contribution in [2.75, 3.05) is 23.8 Å². The van der Waals surface area contributed by atoms with Crippen molar-refractivity contribution in [3.05, 3.63) is 22.7 Å². The Balaban J connectivity index is 2.28. The number of benzene rings is 1. The molecule has 1 aliphatic rings. The van der Waals surface area contributed by atoms with Gasteiger partial charge in [-0.2, -0.15) is 0 Å². The largest absolute Gasteiger partial charge is 0.399 e. The van der Waals surface area contributed by atoms with Crippen LogP contribution < -0.4 is 10.6 Å². The number of hydrogen-bond acceptors (Lipinski definition) is 3. The average Bonchev–Trinajstić information content (AvgIpc) is 2.22. The van der Waals surface area contributed by atoms with Crippen LogP contribution in [0.2, 0.25) is 0 Å². The molecule has 0 amide bonds. The SMILES string of the molecule is CC1CN(c2ccc(N)cc2Br)C(C)CO1. The summed E-state index contributed by atoms with van der Waals surface area (Å²) in [4.78, 5) is 2.36. The molecule has 0 spiro atoms. The summed E-state index contributed by atoms with van der Waals surface area (Å²) >= 11 is 3.57. The Labute approximate surface area is 105 Å². The summed E-state index contributed by atoms with van der Waals surface area (Å²) in [6.07, 6.45) is 0.278. The molecule has 2 N–H and O–H groups in total. The number of hydrogen-bond donors (Lipinski definition) is 1. The number of ether oxygens (including phenoxy) is 1. The minimum absolute atomic E-state index is 0.278. The first-order valence-electron chi connectivity index (χ1n) is 5.51.